The summed E-state index contributed by atoms with van der Waals surface area (Å²) in [4.78, 5) is 14.5. The number of hydrogen-bond donors (Lipinski definition) is 1. The number of amides is 1. The molecule has 0 saturated carbocycles. The molecule has 1 aromatic heterocycles. The normalized spacial score (nSPS) is 9.59. The first-order chi connectivity index (χ1) is 8.17. The Morgan fingerprint density at radius 3 is 3.06 bits per heavy atom. The Morgan fingerprint density at radius 1 is 1.65 bits per heavy atom. The average molecular weight is 268 g/mol. The van der Waals surface area contributed by atoms with Gasteiger partial charge in [0.1, 0.15) is 0 Å². The first kappa shape index (κ1) is 14.1. The van der Waals surface area contributed by atoms with Crippen LogP contribution in [-0.4, -0.2) is 36.4 Å². The summed E-state index contributed by atoms with van der Waals surface area (Å²) in [5.41, 5.74) is 6.28. The van der Waals surface area contributed by atoms with Crippen molar-refractivity contribution in [2.75, 3.05) is 25.6 Å². The van der Waals surface area contributed by atoms with Crippen LogP contribution >= 0.6 is 23.1 Å². The van der Waals surface area contributed by atoms with Crippen LogP contribution in [0.2, 0.25) is 0 Å². The fraction of sp³-hybridized carbons (Fsp3) is 0.417. The molecule has 17 heavy (non-hydrogen) atoms. The zero-order valence-electron chi connectivity index (χ0n) is 10.0. The van der Waals surface area contributed by atoms with E-state index in [1.807, 2.05) is 24.7 Å². The molecule has 0 atom stereocenters. The summed E-state index contributed by atoms with van der Waals surface area (Å²) in [6.07, 6.45) is 1.93. The standard InChI is InChI=1S/C12H16N2OS2/c1-14(12(15)9-16-2)7-11-6-10(8-17-11)4-3-5-13/h6,8H,5,7,9,13H2,1-2H3. The van der Waals surface area contributed by atoms with E-state index in [1.54, 1.807) is 28.0 Å². The Bertz CT molecular complexity index is 431. The lowest BCUT2D eigenvalue weighted by molar-refractivity contribution is -0.127. The number of hydrogen-bond acceptors (Lipinski definition) is 4. The predicted octanol–water partition coefficient (Wildman–Crippen LogP) is 1.38. The van der Waals surface area contributed by atoms with Crippen LogP contribution in [0.5, 0.6) is 0 Å². The topological polar surface area (TPSA) is 46.3 Å². The maximum Gasteiger partial charge on any atom is 0.232 e. The van der Waals surface area contributed by atoms with Crippen LogP contribution in [0.1, 0.15) is 10.4 Å². The van der Waals surface area contributed by atoms with Gasteiger partial charge in [-0.25, -0.2) is 0 Å². The third-order valence-electron chi connectivity index (χ3n) is 2.08. The quantitative estimate of drug-likeness (QED) is 0.839. The van der Waals surface area contributed by atoms with Crippen molar-refractivity contribution >= 4 is 29.0 Å². The minimum absolute atomic E-state index is 0.153. The summed E-state index contributed by atoms with van der Waals surface area (Å²) in [6.45, 7) is 1.02. The number of thioether (sulfide) groups is 1. The van der Waals surface area contributed by atoms with Gasteiger partial charge in [-0.3, -0.25) is 4.79 Å². The van der Waals surface area contributed by atoms with Gasteiger partial charge in [0.05, 0.1) is 18.8 Å². The number of carbonyl (C=O) groups is 1. The van der Waals surface area contributed by atoms with E-state index in [0.717, 1.165) is 10.4 Å². The van der Waals surface area contributed by atoms with E-state index in [2.05, 4.69) is 11.8 Å². The van der Waals surface area contributed by atoms with Crippen molar-refractivity contribution in [2.45, 2.75) is 6.54 Å². The fourth-order valence-electron chi connectivity index (χ4n) is 1.24. The molecule has 0 unspecified atom stereocenters. The van der Waals surface area contributed by atoms with E-state index in [4.69, 9.17) is 5.73 Å². The first-order valence-corrected chi connectivity index (χ1v) is 7.44. The zero-order chi connectivity index (χ0) is 12.7. The van der Waals surface area contributed by atoms with Gasteiger partial charge >= 0.3 is 0 Å². The third kappa shape index (κ3) is 4.82. The summed E-state index contributed by atoms with van der Waals surface area (Å²) in [5, 5.41) is 1.99. The van der Waals surface area contributed by atoms with Gasteiger partial charge in [0.15, 0.2) is 0 Å². The minimum atomic E-state index is 0.153. The van der Waals surface area contributed by atoms with Gasteiger partial charge < -0.3 is 10.6 Å². The van der Waals surface area contributed by atoms with Crippen molar-refractivity contribution in [3.8, 4) is 11.8 Å². The van der Waals surface area contributed by atoms with Gasteiger partial charge in [-0.15, -0.1) is 11.3 Å². The van der Waals surface area contributed by atoms with Gasteiger partial charge in [0.25, 0.3) is 0 Å². The Morgan fingerprint density at radius 2 is 2.41 bits per heavy atom. The Hall–Kier alpha value is -0.960. The molecule has 5 heteroatoms. The molecule has 3 nitrogen and oxygen atoms in total. The van der Waals surface area contributed by atoms with Crippen LogP contribution in [0, 0.1) is 11.8 Å². The smallest absolute Gasteiger partial charge is 0.232 e. The van der Waals surface area contributed by atoms with Crippen LogP contribution in [0.4, 0.5) is 0 Å². The number of rotatable bonds is 4. The summed E-state index contributed by atoms with van der Waals surface area (Å²) in [5.74, 6) is 6.48. The molecule has 2 N–H and O–H groups in total. The van der Waals surface area contributed by atoms with Crippen molar-refractivity contribution < 1.29 is 4.79 Å². The SMILES string of the molecule is CSCC(=O)N(C)Cc1cc(C#CCN)cs1. The lowest BCUT2D eigenvalue weighted by atomic mass is 10.3. The molecule has 1 aromatic rings. The van der Waals surface area contributed by atoms with E-state index in [-0.39, 0.29) is 5.91 Å². The van der Waals surface area contributed by atoms with Gasteiger partial charge in [0.2, 0.25) is 5.91 Å². The van der Waals surface area contributed by atoms with E-state index in [0.29, 0.717) is 18.8 Å². The molecule has 1 amide bonds. The number of carbonyl (C=O) groups excluding carboxylic acids is 1. The second-order valence-corrected chi connectivity index (χ2v) is 5.35. The molecule has 0 spiro atoms. The molecule has 0 aliphatic carbocycles. The third-order valence-corrected chi connectivity index (χ3v) is 3.53. The Kier molecular flexibility index (Phi) is 6.12. The Labute approximate surface area is 110 Å². The average Bonchev–Trinajstić information content (AvgIpc) is 2.74. The number of thiophene rings is 1. The van der Waals surface area contributed by atoms with Gasteiger partial charge in [-0.05, 0) is 12.3 Å². The van der Waals surface area contributed by atoms with E-state index in [9.17, 15) is 4.79 Å². The van der Waals surface area contributed by atoms with Crippen LogP contribution in [0.15, 0.2) is 11.4 Å². The highest BCUT2D eigenvalue weighted by atomic mass is 32.2. The highest BCUT2D eigenvalue weighted by molar-refractivity contribution is 7.99. The van der Waals surface area contributed by atoms with Crippen LogP contribution in [0.25, 0.3) is 0 Å². The summed E-state index contributed by atoms with van der Waals surface area (Å²) >= 11 is 3.16. The first-order valence-electron chi connectivity index (χ1n) is 5.16. The monoisotopic (exact) mass is 268 g/mol. The second kappa shape index (κ2) is 7.38. The van der Waals surface area contributed by atoms with E-state index >= 15 is 0 Å². The van der Waals surface area contributed by atoms with Crippen LogP contribution in [-0.2, 0) is 11.3 Å². The maximum absolute atomic E-state index is 11.6. The predicted molar refractivity (Wildman–Crippen MR) is 75.1 cm³/mol. The summed E-state index contributed by atoms with van der Waals surface area (Å²) in [7, 11) is 1.82. The minimum Gasteiger partial charge on any atom is -0.340 e. The molecule has 1 rings (SSSR count). The van der Waals surface area contributed by atoms with Crippen molar-refractivity contribution in [1.29, 1.82) is 0 Å². The van der Waals surface area contributed by atoms with Gasteiger partial charge in [-0.1, -0.05) is 11.8 Å². The molecular weight excluding hydrogens is 252 g/mol. The molecule has 1 heterocycles. The molecule has 0 fully saturated rings. The van der Waals surface area contributed by atoms with Gasteiger partial charge in [-0.2, -0.15) is 11.8 Å². The maximum atomic E-state index is 11.6. The highest BCUT2D eigenvalue weighted by Gasteiger charge is 2.09. The lowest BCUT2D eigenvalue weighted by Crippen LogP contribution is -2.27. The number of nitrogens with two attached hydrogens (primary N) is 1. The molecule has 0 radical (unpaired) electrons. The van der Waals surface area contributed by atoms with Crippen molar-refractivity contribution in [2.24, 2.45) is 5.73 Å². The molecule has 0 aromatic carbocycles. The molecule has 0 saturated heterocycles. The molecule has 92 valence electrons. The van der Waals surface area contributed by atoms with Crippen molar-refractivity contribution in [1.82, 2.24) is 4.90 Å². The van der Waals surface area contributed by atoms with Crippen molar-refractivity contribution in [3.05, 3.63) is 21.9 Å². The highest BCUT2D eigenvalue weighted by Crippen LogP contribution is 2.16. The summed E-state index contributed by atoms with van der Waals surface area (Å²) in [6, 6.07) is 2.01. The molecule has 0 bridgehead atoms. The van der Waals surface area contributed by atoms with Gasteiger partial charge in [0, 0.05) is 22.9 Å². The largest absolute Gasteiger partial charge is 0.340 e. The van der Waals surface area contributed by atoms with Crippen LogP contribution in [0.3, 0.4) is 0 Å². The van der Waals surface area contributed by atoms with E-state index in [1.165, 1.54) is 0 Å². The van der Waals surface area contributed by atoms with Crippen LogP contribution < -0.4 is 5.73 Å². The second-order valence-electron chi connectivity index (χ2n) is 3.49. The molecular formula is C12H16N2OS2. The lowest BCUT2D eigenvalue weighted by Gasteiger charge is -2.15. The van der Waals surface area contributed by atoms with E-state index < -0.39 is 0 Å². The molecule has 0 aliphatic rings. The number of nitrogens with zero attached hydrogens (tertiary/aromatic N) is 1. The van der Waals surface area contributed by atoms with Crippen molar-refractivity contribution in [3.63, 3.8) is 0 Å². The fourth-order valence-corrected chi connectivity index (χ4v) is 2.57. The Balaban J connectivity index is 2.57. The zero-order valence-corrected chi connectivity index (χ0v) is 11.7. The molecule has 0 aliphatic heterocycles. The summed E-state index contributed by atoms with van der Waals surface area (Å²) < 4.78 is 0.